The third-order valence-electron chi connectivity index (χ3n) is 3.74. The smallest absolute Gasteiger partial charge is 0.0627 e. The number of rotatable bonds is 3. The molecule has 18 heavy (non-hydrogen) atoms. The van der Waals surface area contributed by atoms with Gasteiger partial charge in [-0.15, -0.1) is 0 Å². The van der Waals surface area contributed by atoms with Crippen LogP contribution in [0.4, 0.5) is 0 Å². The summed E-state index contributed by atoms with van der Waals surface area (Å²) in [6.45, 7) is 7.02. The molecule has 0 aliphatic carbocycles. The molecule has 0 amide bonds. The molecule has 0 aromatic carbocycles. The highest BCUT2D eigenvalue weighted by atomic mass is 16.4. The summed E-state index contributed by atoms with van der Waals surface area (Å²) in [7, 11) is 1.99. The SMILES string of the molecule is CCC1CN(Cc2cc(C)nn2C)CCC1=NO. The number of oxime groups is 1. The van der Waals surface area contributed by atoms with Crippen LogP contribution >= 0.6 is 0 Å². The predicted octanol–water partition coefficient (Wildman–Crippen LogP) is 1.79. The molecule has 1 aromatic rings. The Hall–Kier alpha value is -1.36. The van der Waals surface area contributed by atoms with Crippen molar-refractivity contribution in [2.24, 2.45) is 18.1 Å². The van der Waals surface area contributed by atoms with Crippen molar-refractivity contribution in [1.29, 1.82) is 0 Å². The number of hydrogen-bond acceptors (Lipinski definition) is 4. The summed E-state index contributed by atoms with van der Waals surface area (Å²) in [5.41, 5.74) is 3.26. The molecule has 5 nitrogen and oxygen atoms in total. The average molecular weight is 250 g/mol. The molecule has 0 bridgehead atoms. The summed E-state index contributed by atoms with van der Waals surface area (Å²) in [4.78, 5) is 2.42. The van der Waals surface area contributed by atoms with Gasteiger partial charge in [0.2, 0.25) is 0 Å². The normalized spacial score (nSPS) is 23.7. The lowest BCUT2D eigenvalue weighted by Gasteiger charge is -2.32. The fraction of sp³-hybridized carbons (Fsp3) is 0.692. The Bertz CT molecular complexity index is 438. The quantitative estimate of drug-likeness (QED) is 0.657. The first kappa shape index (κ1) is 13.1. The highest BCUT2D eigenvalue weighted by Gasteiger charge is 2.25. The van der Waals surface area contributed by atoms with E-state index >= 15 is 0 Å². The molecular weight excluding hydrogens is 228 g/mol. The minimum atomic E-state index is 0.387. The predicted molar refractivity (Wildman–Crippen MR) is 70.8 cm³/mol. The minimum Gasteiger partial charge on any atom is -0.411 e. The van der Waals surface area contributed by atoms with Gasteiger partial charge in [0, 0.05) is 39.0 Å². The lowest BCUT2D eigenvalue weighted by molar-refractivity contribution is 0.216. The van der Waals surface area contributed by atoms with Crippen molar-refractivity contribution >= 4 is 5.71 Å². The van der Waals surface area contributed by atoms with Crippen LogP contribution in [0.25, 0.3) is 0 Å². The van der Waals surface area contributed by atoms with Crippen LogP contribution in [0.2, 0.25) is 0 Å². The Balaban J connectivity index is 2.01. The number of piperidine rings is 1. The fourth-order valence-corrected chi connectivity index (χ4v) is 2.67. The van der Waals surface area contributed by atoms with Gasteiger partial charge in [0.1, 0.15) is 0 Å². The third kappa shape index (κ3) is 2.72. The van der Waals surface area contributed by atoms with Gasteiger partial charge < -0.3 is 5.21 Å². The molecule has 0 spiro atoms. The summed E-state index contributed by atoms with van der Waals surface area (Å²) < 4.78 is 1.95. The molecule has 2 heterocycles. The van der Waals surface area contributed by atoms with Crippen molar-refractivity contribution < 1.29 is 5.21 Å². The molecule has 1 aliphatic rings. The van der Waals surface area contributed by atoms with Crippen LogP contribution in [-0.2, 0) is 13.6 Å². The Kier molecular flexibility index (Phi) is 4.01. The molecule has 1 atom stereocenters. The van der Waals surface area contributed by atoms with Gasteiger partial charge in [-0.2, -0.15) is 5.10 Å². The molecule has 100 valence electrons. The van der Waals surface area contributed by atoms with E-state index in [1.807, 2.05) is 18.7 Å². The van der Waals surface area contributed by atoms with Gasteiger partial charge in [-0.1, -0.05) is 12.1 Å². The van der Waals surface area contributed by atoms with Crippen LogP contribution in [0.1, 0.15) is 31.2 Å². The maximum Gasteiger partial charge on any atom is 0.0627 e. The molecule has 0 saturated carbocycles. The largest absolute Gasteiger partial charge is 0.411 e. The Morgan fingerprint density at radius 2 is 2.33 bits per heavy atom. The van der Waals surface area contributed by atoms with Gasteiger partial charge >= 0.3 is 0 Å². The zero-order valence-electron chi connectivity index (χ0n) is 11.4. The summed E-state index contributed by atoms with van der Waals surface area (Å²) in [5, 5.41) is 16.8. The minimum absolute atomic E-state index is 0.387. The lowest BCUT2D eigenvalue weighted by Crippen LogP contribution is -2.40. The van der Waals surface area contributed by atoms with E-state index in [1.165, 1.54) is 5.69 Å². The molecular formula is C13H22N4O. The molecule has 1 fully saturated rings. The number of hydrogen-bond donors (Lipinski definition) is 1. The summed E-state index contributed by atoms with van der Waals surface area (Å²) in [6, 6.07) is 2.14. The first-order valence-electron chi connectivity index (χ1n) is 6.56. The molecule has 1 aliphatic heterocycles. The topological polar surface area (TPSA) is 53.7 Å². The van der Waals surface area contributed by atoms with E-state index < -0.39 is 0 Å². The average Bonchev–Trinajstić information content (AvgIpc) is 2.67. The summed E-state index contributed by atoms with van der Waals surface area (Å²) in [5.74, 6) is 0.387. The molecule has 5 heteroatoms. The standard InChI is InChI=1S/C13H22N4O/c1-4-11-8-17(6-5-13(11)15-18)9-12-7-10(2)14-16(12)3/h7,11,18H,4-6,8-9H2,1-3H3. The monoisotopic (exact) mass is 250 g/mol. The maximum atomic E-state index is 8.97. The second-order valence-electron chi connectivity index (χ2n) is 5.08. The van der Waals surface area contributed by atoms with E-state index in [2.05, 4.69) is 28.1 Å². The lowest BCUT2D eigenvalue weighted by atomic mass is 9.93. The Morgan fingerprint density at radius 3 is 2.89 bits per heavy atom. The molecule has 1 N–H and O–H groups in total. The van der Waals surface area contributed by atoms with Crippen molar-refractivity contribution in [2.75, 3.05) is 13.1 Å². The van der Waals surface area contributed by atoms with E-state index in [0.717, 1.165) is 43.9 Å². The first-order valence-corrected chi connectivity index (χ1v) is 6.56. The number of aryl methyl sites for hydroxylation is 2. The second kappa shape index (κ2) is 5.52. The van der Waals surface area contributed by atoms with Crippen LogP contribution in [0.5, 0.6) is 0 Å². The van der Waals surface area contributed by atoms with Gasteiger partial charge in [-0.05, 0) is 19.4 Å². The molecule has 1 unspecified atom stereocenters. The van der Waals surface area contributed by atoms with Gasteiger partial charge in [0.25, 0.3) is 0 Å². The second-order valence-corrected chi connectivity index (χ2v) is 5.08. The van der Waals surface area contributed by atoms with Crippen LogP contribution in [-0.4, -0.2) is 38.7 Å². The van der Waals surface area contributed by atoms with Gasteiger partial charge in [-0.25, -0.2) is 0 Å². The van der Waals surface area contributed by atoms with Gasteiger partial charge in [0.15, 0.2) is 0 Å². The van der Waals surface area contributed by atoms with Crippen molar-refractivity contribution in [3.8, 4) is 0 Å². The third-order valence-corrected chi connectivity index (χ3v) is 3.74. The highest BCUT2D eigenvalue weighted by molar-refractivity contribution is 5.87. The summed E-state index contributed by atoms with van der Waals surface area (Å²) in [6.07, 6.45) is 1.89. The van der Waals surface area contributed by atoms with Crippen molar-refractivity contribution in [3.05, 3.63) is 17.5 Å². The van der Waals surface area contributed by atoms with E-state index in [-0.39, 0.29) is 0 Å². The zero-order valence-corrected chi connectivity index (χ0v) is 11.4. The molecule has 2 rings (SSSR count). The molecule has 1 saturated heterocycles. The maximum absolute atomic E-state index is 8.97. The highest BCUT2D eigenvalue weighted by Crippen LogP contribution is 2.19. The zero-order chi connectivity index (χ0) is 13.1. The fourth-order valence-electron chi connectivity index (χ4n) is 2.67. The van der Waals surface area contributed by atoms with Crippen molar-refractivity contribution in [3.63, 3.8) is 0 Å². The first-order chi connectivity index (χ1) is 8.63. The van der Waals surface area contributed by atoms with E-state index in [9.17, 15) is 0 Å². The van der Waals surface area contributed by atoms with Crippen LogP contribution in [0, 0.1) is 12.8 Å². The Labute approximate surface area is 108 Å². The van der Waals surface area contributed by atoms with Gasteiger partial charge in [0.05, 0.1) is 17.1 Å². The van der Waals surface area contributed by atoms with Crippen LogP contribution in [0.3, 0.4) is 0 Å². The molecule has 1 aromatic heterocycles. The molecule has 0 radical (unpaired) electrons. The number of nitrogens with zero attached hydrogens (tertiary/aromatic N) is 4. The van der Waals surface area contributed by atoms with E-state index in [0.29, 0.717) is 5.92 Å². The van der Waals surface area contributed by atoms with Crippen LogP contribution < -0.4 is 0 Å². The Morgan fingerprint density at radius 1 is 1.56 bits per heavy atom. The van der Waals surface area contributed by atoms with Crippen molar-refractivity contribution in [2.45, 2.75) is 33.2 Å². The van der Waals surface area contributed by atoms with Gasteiger partial charge in [-0.3, -0.25) is 9.58 Å². The van der Waals surface area contributed by atoms with Crippen molar-refractivity contribution in [1.82, 2.24) is 14.7 Å². The van der Waals surface area contributed by atoms with E-state index in [1.54, 1.807) is 0 Å². The number of likely N-dealkylation sites (tertiary alicyclic amines) is 1. The number of aromatic nitrogens is 2. The summed E-state index contributed by atoms with van der Waals surface area (Å²) >= 11 is 0. The van der Waals surface area contributed by atoms with Crippen LogP contribution in [0.15, 0.2) is 11.2 Å². The van der Waals surface area contributed by atoms with E-state index in [4.69, 9.17) is 5.21 Å².